The van der Waals surface area contributed by atoms with E-state index in [-0.39, 0.29) is 24.2 Å². The van der Waals surface area contributed by atoms with Gasteiger partial charge in [0.1, 0.15) is 6.10 Å². The molecule has 1 aromatic carbocycles. The van der Waals surface area contributed by atoms with Gasteiger partial charge in [-0.05, 0) is 24.8 Å². The van der Waals surface area contributed by atoms with Crippen molar-refractivity contribution < 1.29 is 14.3 Å². The summed E-state index contributed by atoms with van der Waals surface area (Å²) in [6, 6.07) is 10.4. The van der Waals surface area contributed by atoms with Crippen LogP contribution in [-0.2, 0) is 20.7 Å². The highest BCUT2D eigenvalue weighted by Crippen LogP contribution is 2.32. The van der Waals surface area contributed by atoms with Gasteiger partial charge in [-0.2, -0.15) is 0 Å². The van der Waals surface area contributed by atoms with Crippen molar-refractivity contribution in [3.8, 4) is 0 Å². The highest BCUT2D eigenvalue weighted by Gasteiger charge is 2.43. The third-order valence-corrected chi connectivity index (χ3v) is 4.62. The molecule has 0 N–H and O–H groups in total. The molecule has 3 unspecified atom stereocenters. The lowest BCUT2D eigenvalue weighted by atomic mass is 10.1. The van der Waals surface area contributed by atoms with E-state index in [1.165, 1.54) is 5.56 Å². The van der Waals surface area contributed by atoms with Crippen LogP contribution in [0.5, 0.6) is 0 Å². The van der Waals surface area contributed by atoms with E-state index in [0.29, 0.717) is 19.6 Å². The van der Waals surface area contributed by atoms with Crippen molar-refractivity contribution in [2.24, 2.45) is 0 Å². The van der Waals surface area contributed by atoms with Gasteiger partial charge in [-0.3, -0.25) is 4.79 Å². The summed E-state index contributed by atoms with van der Waals surface area (Å²) in [4.78, 5) is 14.6. The van der Waals surface area contributed by atoms with Crippen molar-refractivity contribution in [2.75, 3.05) is 20.3 Å². The molecule has 0 aromatic heterocycles. The Morgan fingerprint density at radius 2 is 2.14 bits per heavy atom. The van der Waals surface area contributed by atoms with E-state index in [4.69, 9.17) is 9.47 Å². The summed E-state index contributed by atoms with van der Waals surface area (Å²) in [7, 11) is 1.72. The van der Waals surface area contributed by atoms with Crippen molar-refractivity contribution in [3.63, 3.8) is 0 Å². The topological polar surface area (TPSA) is 38.8 Å². The Morgan fingerprint density at radius 1 is 1.33 bits per heavy atom. The number of rotatable bonds is 4. The summed E-state index contributed by atoms with van der Waals surface area (Å²) in [5.41, 5.74) is 1.21. The number of hydrogen-bond donors (Lipinski definition) is 0. The number of ether oxygens (including phenoxy) is 2. The van der Waals surface area contributed by atoms with E-state index >= 15 is 0 Å². The van der Waals surface area contributed by atoms with E-state index < -0.39 is 0 Å². The molecule has 1 aliphatic heterocycles. The summed E-state index contributed by atoms with van der Waals surface area (Å²) >= 11 is 0. The second-order valence-electron chi connectivity index (χ2n) is 5.83. The fourth-order valence-electron chi connectivity index (χ4n) is 3.55. The van der Waals surface area contributed by atoms with Crippen LogP contribution in [0.1, 0.15) is 24.8 Å². The van der Waals surface area contributed by atoms with Crippen molar-refractivity contribution >= 4 is 5.91 Å². The molecule has 1 heterocycles. The van der Waals surface area contributed by atoms with Crippen LogP contribution in [0.15, 0.2) is 30.3 Å². The lowest BCUT2D eigenvalue weighted by Gasteiger charge is -2.30. The number of methoxy groups -OCH3 is 1. The van der Waals surface area contributed by atoms with Crippen LogP contribution in [0.2, 0.25) is 0 Å². The highest BCUT2D eigenvalue weighted by atomic mass is 16.5. The van der Waals surface area contributed by atoms with Crippen LogP contribution in [0.25, 0.3) is 0 Å². The first kappa shape index (κ1) is 14.5. The van der Waals surface area contributed by atoms with Gasteiger partial charge in [-0.25, -0.2) is 0 Å². The number of amides is 1. The average molecular weight is 289 g/mol. The SMILES string of the molecule is COC1C2CCC1N(C(=O)CCc1ccccc1)CCO2. The van der Waals surface area contributed by atoms with Gasteiger partial charge >= 0.3 is 0 Å². The largest absolute Gasteiger partial charge is 0.377 e. The molecule has 3 atom stereocenters. The number of carbonyl (C=O) groups excluding carboxylic acids is 1. The minimum atomic E-state index is 0.0353. The molecule has 3 rings (SSSR count). The molecule has 2 fully saturated rings. The number of carbonyl (C=O) groups is 1. The average Bonchev–Trinajstić information content (AvgIpc) is 2.81. The van der Waals surface area contributed by atoms with Crippen molar-refractivity contribution in [1.82, 2.24) is 4.90 Å². The van der Waals surface area contributed by atoms with Crippen LogP contribution in [0.4, 0.5) is 0 Å². The Labute approximate surface area is 126 Å². The molecule has 1 aromatic rings. The zero-order valence-electron chi connectivity index (χ0n) is 12.5. The van der Waals surface area contributed by atoms with Gasteiger partial charge in [-0.15, -0.1) is 0 Å². The third-order valence-electron chi connectivity index (χ3n) is 4.62. The lowest BCUT2D eigenvalue weighted by molar-refractivity contribution is -0.135. The first-order chi connectivity index (χ1) is 10.3. The smallest absolute Gasteiger partial charge is 0.223 e. The molecule has 1 saturated carbocycles. The first-order valence-corrected chi connectivity index (χ1v) is 7.77. The Morgan fingerprint density at radius 3 is 2.90 bits per heavy atom. The second kappa shape index (κ2) is 6.58. The summed E-state index contributed by atoms with van der Waals surface area (Å²) in [6.45, 7) is 1.31. The number of benzene rings is 1. The molecular formula is C17H23NO3. The Bertz CT molecular complexity index is 476. The van der Waals surface area contributed by atoms with Gasteiger partial charge < -0.3 is 14.4 Å². The molecule has 0 spiro atoms. The summed E-state index contributed by atoms with van der Waals surface area (Å²) in [5.74, 6) is 0.219. The van der Waals surface area contributed by atoms with Crippen LogP contribution < -0.4 is 0 Å². The Balaban J connectivity index is 1.63. The van der Waals surface area contributed by atoms with Gasteiger partial charge in [0.05, 0.1) is 18.8 Å². The number of aryl methyl sites for hydroxylation is 1. The number of hydrogen-bond acceptors (Lipinski definition) is 3. The van der Waals surface area contributed by atoms with E-state index in [9.17, 15) is 4.79 Å². The van der Waals surface area contributed by atoms with Crippen LogP contribution >= 0.6 is 0 Å². The Hall–Kier alpha value is -1.39. The van der Waals surface area contributed by atoms with Gasteiger partial charge in [0.2, 0.25) is 5.91 Å². The maximum absolute atomic E-state index is 12.6. The minimum Gasteiger partial charge on any atom is -0.377 e. The normalized spacial score (nSPS) is 28.4. The predicted molar refractivity (Wildman–Crippen MR) is 80.0 cm³/mol. The highest BCUT2D eigenvalue weighted by molar-refractivity contribution is 5.77. The minimum absolute atomic E-state index is 0.0353. The lowest BCUT2D eigenvalue weighted by Crippen LogP contribution is -2.46. The monoisotopic (exact) mass is 289 g/mol. The standard InChI is InChI=1S/C17H23NO3/c1-20-17-14-8-9-15(17)21-12-11-18(14)16(19)10-7-13-5-3-2-4-6-13/h2-6,14-15,17H,7-12H2,1H3. The maximum Gasteiger partial charge on any atom is 0.223 e. The summed E-state index contributed by atoms with van der Waals surface area (Å²) in [5, 5.41) is 0. The van der Waals surface area contributed by atoms with Gasteiger partial charge in [0, 0.05) is 20.1 Å². The molecule has 1 aliphatic carbocycles. The van der Waals surface area contributed by atoms with Crippen LogP contribution in [0.3, 0.4) is 0 Å². The Kier molecular flexibility index (Phi) is 4.56. The summed E-state index contributed by atoms with van der Waals surface area (Å²) < 4.78 is 11.4. The molecule has 1 saturated heterocycles. The molecular weight excluding hydrogens is 266 g/mol. The fourth-order valence-corrected chi connectivity index (χ4v) is 3.55. The third kappa shape index (κ3) is 3.11. The molecule has 4 heteroatoms. The maximum atomic E-state index is 12.6. The van der Waals surface area contributed by atoms with Crippen molar-refractivity contribution in [2.45, 2.75) is 43.9 Å². The quantitative estimate of drug-likeness (QED) is 0.851. The molecule has 4 nitrogen and oxygen atoms in total. The zero-order valence-corrected chi connectivity index (χ0v) is 12.5. The van der Waals surface area contributed by atoms with Gasteiger partial charge in [-0.1, -0.05) is 30.3 Å². The first-order valence-electron chi connectivity index (χ1n) is 7.77. The van der Waals surface area contributed by atoms with Crippen LogP contribution in [-0.4, -0.2) is 49.3 Å². The molecule has 21 heavy (non-hydrogen) atoms. The number of fused-ring (bicyclic) bond motifs is 2. The predicted octanol–water partition coefficient (Wildman–Crippen LogP) is 2.02. The van der Waals surface area contributed by atoms with E-state index in [1.54, 1.807) is 7.11 Å². The fraction of sp³-hybridized carbons (Fsp3) is 0.588. The van der Waals surface area contributed by atoms with E-state index in [2.05, 4.69) is 12.1 Å². The second-order valence-corrected chi connectivity index (χ2v) is 5.83. The molecule has 0 radical (unpaired) electrons. The molecule has 2 aliphatic rings. The molecule has 2 bridgehead atoms. The van der Waals surface area contributed by atoms with Crippen LogP contribution in [0, 0.1) is 0 Å². The summed E-state index contributed by atoms with van der Waals surface area (Å²) in [6.07, 6.45) is 3.53. The zero-order chi connectivity index (χ0) is 14.7. The van der Waals surface area contributed by atoms with Crippen molar-refractivity contribution in [1.29, 1.82) is 0 Å². The van der Waals surface area contributed by atoms with Gasteiger partial charge in [0.15, 0.2) is 0 Å². The number of nitrogens with zero attached hydrogens (tertiary/aromatic N) is 1. The van der Waals surface area contributed by atoms with Gasteiger partial charge in [0.25, 0.3) is 0 Å². The molecule has 1 amide bonds. The van der Waals surface area contributed by atoms with Crippen molar-refractivity contribution in [3.05, 3.63) is 35.9 Å². The molecule has 114 valence electrons. The van der Waals surface area contributed by atoms with E-state index in [1.807, 2.05) is 23.1 Å². The van der Waals surface area contributed by atoms with E-state index in [0.717, 1.165) is 19.3 Å².